The van der Waals surface area contributed by atoms with Gasteiger partial charge in [-0.05, 0) is 33.2 Å². The van der Waals surface area contributed by atoms with Gasteiger partial charge < -0.3 is 14.5 Å². The summed E-state index contributed by atoms with van der Waals surface area (Å²) < 4.78 is 5.36. The summed E-state index contributed by atoms with van der Waals surface area (Å²) in [6.07, 6.45) is 1.79. The quantitative estimate of drug-likeness (QED) is 0.820. The maximum absolute atomic E-state index is 5.36. The van der Waals surface area contributed by atoms with Gasteiger partial charge in [0.25, 0.3) is 0 Å². The molecule has 4 heteroatoms. The molecule has 0 spiro atoms. The molecule has 1 fully saturated rings. The molecule has 1 aliphatic rings. The third-order valence-electron chi connectivity index (χ3n) is 2.95. The summed E-state index contributed by atoms with van der Waals surface area (Å²) in [6, 6.07) is 4.67. The SMILES string of the molecule is CC.CCOc1ccc(N2CC(N(C)C)C2)nc1. The molecule has 0 unspecified atom stereocenters. The lowest BCUT2D eigenvalue weighted by Crippen LogP contribution is -2.57. The summed E-state index contributed by atoms with van der Waals surface area (Å²) >= 11 is 0. The van der Waals surface area contributed by atoms with Crippen LogP contribution in [0.2, 0.25) is 0 Å². The number of likely N-dealkylation sites (N-methyl/N-ethyl adjacent to an activating group) is 1. The number of anilines is 1. The van der Waals surface area contributed by atoms with Crippen LogP contribution in [-0.2, 0) is 0 Å². The Balaban J connectivity index is 0.000000771. The minimum absolute atomic E-state index is 0.661. The summed E-state index contributed by atoms with van der Waals surface area (Å²) in [5, 5.41) is 0. The van der Waals surface area contributed by atoms with E-state index in [2.05, 4.69) is 28.9 Å². The summed E-state index contributed by atoms with van der Waals surface area (Å²) in [4.78, 5) is 8.93. The molecule has 1 aromatic rings. The van der Waals surface area contributed by atoms with Crippen LogP contribution in [0, 0.1) is 0 Å². The smallest absolute Gasteiger partial charge is 0.137 e. The normalized spacial score (nSPS) is 14.9. The summed E-state index contributed by atoms with van der Waals surface area (Å²) in [7, 11) is 4.24. The van der Waals surface area contributed by atoms with Crippen molar-refractivity contribution in [2.45, 2.75) is 26.8 Å². The lowest BCUT2D eigenvalue weighted by atomic mass is 10.1. The van der Waals surface area contributed by atoms with Crippen molar-refractivity contribution in [2.24, 2.45) is 0 Å². The molecule has 2 heterocycles. The highest BCUT2D eigenvalue weighted by molar-refractivity contribution is 5.44. The van der Waals surface area contributed by atoms with Crippen LogP contribution >= 0.6 is 0 Å². The minimum Gasteiger partial charge on any atom is -0.492 e. The van der Waals surface area contributed by atoms with E-state index in [0.717, 1.165) is 24.7 Å². The van der Waals surface area contributed by atoms with Crippen LogP contribution in [0.5, 0.6) is 5.75 Å². The fourth-order valence-electron chi connectivity index (χ4n) is 1.78. The molecule has 0 atom stereocenters. The zero-order valence-corrected chi connectivity index (χ0v) is 12.2. The molecule has 0 bridgehead atoms. The van der Waals surface area contributed by atoms with Crippen molar-refractivity contribution in [1.29, 1.82) is 0 Å². The number of ether oxygens (including phenoxy) is 1. The van der Waals surface area contributed by atoms with E-state index < -0.39 is 0 Å². The zero-order chi connectivity index (χ0) is 13.5. The molecular formula is C14H25N3O. The van der Waals surface area contributed by atoms with E-state index in [4.69, 9.17) is 4.74 Å². The van der Waals surface area contributed by atoms with Gasteiger partial charge in [0.05, 0.1) is 12.8 Å². The Morgan fingerprint density at radius 1 is 1.33 bits per heavy atom. The molecule has 0 saturated carbocycles. The number of pyridine rings is 1. The van der Waals surface area contributed by atoms with Crippen LogP contribution in [0.4, 0.5) is 5.82 Å². The first-order valence-corrected chi connectivity index (χ1v) is 6.71. The van der Waals surface area contributed by atoms with Crippen molar-refractivity contribution in [1.82, 2.24) is 9.88 Å². The zero-order valence-electron chi connectivity index (χ0n) is 12.2. The molecule has 1 saturated heterocycles. The highest BCUT2D eigenvalue weighted by Gasteiger charge is 2.28. The Kier molecular flexibility index (Phi) is 5.92. The number of hydrogen-bond donors (Lipinski definition) is 0. The molecule has 1 aliphatic heterocycles. The molecule has 0 radical (unpaired) electrons. The highest BCUT2D eigenvalue weighted by Crippen LogP contribution is 2.22. The Labute approximate surface area is 111 Å². The second-order valence-corrected chi connectivity index (χ2v) is 4.31. The molecule has 0 aliphatic carbocycles. The van der Waals surface area contributed by atoms with Crippen LogP contribution < -0.4 is 9.64 Å². The molecule has 102 valence electrons. The summed E-state index contributed by atoms with van der Waals surface area (Å²) in [6.45, 7) is 8.79. The van der Waals surface area contributed by atoms with Gasteiger partial charge in [0.1, 0.15) is 11.6 Å². The lowest BCUT2D eigenvalue weighted by molar-refractivity contribution is 0.246. The first kappa shape index (κ1) is 14.8. The predicted molar refractivity (Wildman–Crippen MR) is 76.4 cm³/mol. The van der Waals surface area contributed by atoms with Crippen molar-refractivity contribution < 1.29 is 4.74 Å². The van der Waals surface area contributed by atoms with Crippen molar-refractivity contribution in [2.75, 3.05) is 38.7 Å². The number of aromatic nitrogens is 1. The van der Waals surface area contributed by atoms with Crippen molar-refractivity contribution in [3.05, 3.63) is 18.3 Å². The molecule has 4 nitrogen and oxygen atoms in total. The Morgan fingerprint density at radius 3 is 2.44 bits per heavy atom. The van der Waals surface area contributed by atoms with Gasteiger partial charge in [0.15, 0.2) is 0 Å². The van der Waals surface area contributed by atoms with Crippen LogP contribution in [0.15, 0.2) is 18.3 Å². The fourth-order valence-corrected chi connectivity index (χ4v) is 1.78. The van der Waals surface area contributed by atoms with E-state index in [1.165, 1.54) is 0 Å². The number of rotatable bonds is 4. The van der Waals surface area contributed by atoms with E-state index in [1.54, 1.807) is 6.20 Å². The fraction of sp³-hybridized carbons (Fsp3) is 0.643. The molecule has 2 rings (SSSR count). The first-order valence-electron chi connectivity index (χ1n) is 6.71. The maximum atomic E-state index is 5.36. The van der Waals surface area contributed by atoms with E-state index in [9.17, 15) is 0 Å². The maximum Gasteiger partial charge on any atom is 0.137 e. The van der Waals surface area contributed by atoms with Crippen LogP contribution in [0.1, 0.15) is 20.8 Å². The summed E-state index contributed by atoms with van der Waals surface area (Å²) in [5.41, 5.74) is 0. The predicted octanol–water partition coefficient (Wildman–Crippen LogP) is 2.26. The van der Waals surface area contributed by atoms with Crippen molar-refractivity contribution in [3.8, 4) is 5.75 Å². The largest absolute Gasteiger partial charge is 0.492 e. The van der Waals surface area contributed by atoms with Crippen molar-refractivity contribution >= 4 is 5.82 Å². The average molecular weight is 251 g/mol. The standard InChI is InChI=1S/C12H19N3O.C2H6/c1-4-16-11-5-6-12(13-7-11)15-8-10(9-15)14(2)3;1-2/h5-7,10H,4,8-9H2,1-3H3;1-2H3. The van der Waals surface area contributed by atoms with Gasteiger partial charge >= 0.3 is 0 Å². The third-order valence-corrected chi connectivity index (χ3v) is 2.95. The van der Waals surface area contributed by atoms with Gasteiger partial charge in [-0.3, -0.25) is 0 Å². The summed E-state index contributed by atoms with van der Waals surface area (Å²) in [5.74, 6) is 1.89. The van der Waals surface area contributed by atoms with Crippen LogP contribution in [0.3, 0.4) is 0 Å². The Hall–Kier alpha value is -1.29. The van der Waals surface area contributed by atoms with E-state index in [0.29, 0.717) is 12.6 Å². The molecule has 18 heavy (non-hydrogen) atoms. The molecule has 0 N–H and O–H groups in total. The topological polar surface area (TPSA) is 28.6 Å². The van der Waals surface area contributed by atoms with Gasteiger partial charge in [-0.25, -0.2) is 4.98 Å². The van der Waals surface area contributed by atoms with Crippen molar-refractivity contribution in [3.63, 3.8) is 0 Å². The van der Waals surface area contributed by atoms with Gasteiger partial charge in [-0.15, -0.1) is 0 Å². The van der Waals surface area contributed by atoms with Gasteiger partial charge in [0, 0.05) is 19.1 Å². The number of hydrogen-bond acceptors (Lipinski definition) is 4. The van der Waals surface area contributed by atoms with Crippen LogP contribution in [-0.4, -0.2) is 49.7 Å². The minimum atomic E-state index is 0.661. The Morgan fingerprint density at radius 2 is 2.00 bits per heavy atom. The van der Waals surface area contributed by atoms with Gasteiger partial charge in [-0.2, -0.15) is 0 Å². The molecular weight excluding hydrogens is 226 g/mol. The van der Waals surface area contributed by atoms with Gasteiger partial charge in [-0.1, -0.05) is 13.8 Å². The van der Waals surface area contributed by atoms with Crippen LogP contribution in [0.25, 0.3) is 0 Å². The Bertz CT molecular complexity index is 331. The molecule has 0 amide bonds. The average Bonchev–Trinajstić information content (AvgIpc) is 2.32. The third kappa shape index (κ3) is 3.60. The second kappa shape index (κ2) is 7.21. The van der Waals surface area contributed by atoms with E-state index in [-0.39, 0.29) is 0 Å². The first-order chi connectivity index (χ1) is 8.70. The number of nitrogens with zero attached hydrogens (tertiary/aromatic N) is 3. The van der Waals surface area contributed by atoms with Gasteiger partial charge in [0.2, 0.25) is 0 Å². The highest BCUT2D eigenvalue weighted by atomic mass is 16.5. The van der Waals surface area contributed by atoms with E-state index in [1.807, 2.05) is 32.9 Å². The second-order valence-electron chi connectivity index (χ2n) is 4.31. The van der Waals surface area contributed by atoms with E-state index >= 15 is 0 Å². The molecule has 1 aromatic heterocycles. The lowest BCUT2D eigenvalue weighted by Gasteiger charge is -2.43. The monoisotopic (exact) mass is 251 g/mol. The molecule has 0 aromatic carbocycles.